The zero-order chi connectivity index (χ0) is 14.3. The van der Waals surface area contributed by atoms with Crippen molar-refractivity contribution in [2.45, 2.75) is 31.3 Å². The summed E-state index contributed by atoms with van der Waals surface area (Å²) in [5.41, 5.74) is 0.764. The van der Waals surface area contributed by atoms with Gasteiger partial charge in [-0.25, -0.2) is 0 Å². The van der Waals surface area contributed by atoms with Gasteiger partial charge in [0.05, 0.1) is 13.5 Å². The number of nitrogens with one attached hydrogen (secondary N) is 1. The van der Waals surface area contributed by atoms with Crippen LogP contribution in [0.1, 0.15) is 19.3 Å². The number of ether oxygens (including phenoxy) is 1. The topological polar surface area (TPSA) is 58.6 Å². The van der Waals surface area contributed by atoms with Crippen LogP contribution < -0.4 is 10.1 Å². The minimum absolute atomic E-state index is 0.0723. The molecule has 1 unspecified atom stereocenters. The smallest absolute Gasteiger partial charge is 0.252 e. The van der Waals surface area contributed by atoms with E-state index in [1.54, 1.807) is 7.11 Å². The van der Waals surface area contributed by atoms with E-state index in [2.05, 4.69) is 21.2 Å². The highest BCUT2D eigenvalue weighted by Crippen LogP contribution is 2.33. The second-order valence-corrected chi connectivity index (χ2v) is 6.03. The van der Waals surface area contributed by atoms with Gasteiger partial charge in [0.1, 0.15) is 11.8 Å². The van der Waals surface area contributed by atoms with Gasteiger partial charge in [0, 0.05) is 22.3 Å². The summed E-state index contributed by atoms with van der Waals surface area (Å²) in [6, 6.07) is 5.17. The lowest BCUT2D eigenvalue weighted by Gasteiger charge is -2.15. The summed E-state index contributed by atoms with van der Waals surface area (Å²) >= 11 is 3.39. The zero-order valence-corrected chi connectivity index (χ0v) is 12.6. The first-order valence-electron chi connectivity index (χ1n) is 6.55. The largest absolute Gasteiger partial charge is 0.497 e. The van der Waals surface area contributed by atoms with Gasteiger partial charge in [-0.3, -0.25) is 14.5 Å². The van der Waals surface area contributed by atoms with Gasteiger partial charge in [-0.2, -0.15) is 0 Å². The van der Waals surface area contributed by atoms with Crippen LogP contribution in [0.3, 0.4) is 0 Å². The van der Waals surface area contributed by atoms with E-state index >= 15 is 0 Å². The number of likely N-dealkylation sites (tertiary alicyclic amines) is 1. The Morgan fingerprint density at radius 3 is 2.70 bits per heavy atom. The van der Waals surface area contributed by atoms with Gasteiger partial charge >= 0.3 is 0 Å². The van der Waals surface area contributed by atoms with Gasteiger partial charge in [0.2, 0.25) is 5.91 Å². The van der Waals surface area contributed by atoms with E-state index in [4.69, 9.17) is 4.74 Å². The van der Waals surface area contributed by atoms with Crippen molar-refractivity contribution in [3.05, 3.63) is 22.7 Å². The van der Waals surface area contributed by atoms with Gasteiger partial charge in [-0.05, 0) is 25.0 Å². The first-order chi connectivity index (χ1) is 9.58. The van der Waals surface area contributed by atoms with E-state index in [1.807, 2.05) is 18.2 Å². The number of halogens is 1. The summed E-state index contributed by atoms with van der Waals surface area (Å²) in [4.78, 5) is 25.6. The molecule has 2 amide bonds. The molecule has 1 saturated heterocycles. The van der Waals surface area contributed by atoms with Crippen molar-refractivity contribution in [2.24, 2.45) is 0 Å². The van der Waals surface area contributed by atoms with Crippen LogP contribution in [0.2, 0.25) is 0 Å². The third-order valence-electron chi connectivity index (χ3n) is 3.54. The van der Waals surface area contributed by atoms with Crippen molar-refractivity contribution in [1.82, 2.24) is 4.90 Å². The highest BCUT2D eigenvalue weighted by atomic mass is 79.9. The summed E-state index contributed by atoms with van der Waals surface area (Å²) < 4.78 is 6.04. The van der Waals surface area contributed by atoms with E-state index < -0.39 is 6.04 Å². The van der Waals surface area contributed by atoms with Crippen LogP contribution in [-0.2, 0) is 9.59 Å². The molecule has 2 aliphatic rings. The second-order valence-electron chi connectivity index (χ2n) is 5.11. The molecule has 1 aliphatic carbocycles. The minimum Gasteiger partial charge on any atom is -0.497 e. The lowest BCUT2D eigenvalue weighted by Crippen LogP contribution is -2.36. The lowest BCUT2D eigenvalue weighted by atomic mass is 10.2. The number of amides is 2. The van der Waals surface area contributed by atoms with E-state index in [0.717, 1.165) is 23.0 Å². The van der Waals surface area contributed by atoms with E-state index in [0.29, 0.717) is 5.75 Å². The molecule has 1 aromatic rings. The SMILES string of the molecule is COc1cc(Br)cc(NC2CC(=O)N(C3CC3)C2=O)c1. The van der Waals surface area contributed by atoms with Gasteiger partial charge in [-0.1, -0.05) is 15.9 Å². The number of hydrogen-bond acceptors (Lipinski definition) is 4. The quantitative estimate of drug-likeness (QED) is 0.854. The van der Waals surface area contributed by atoms with Crippen molar-refractivity contribution in [3.8, 4) is 5.75 Å². The molecule has 1 atom stereocenters. The van der Waals surface area contributed by atoms with Crippen molar-refractivity contribution >= 4 is 33.4 Å². The molecule has 5 nitrogen and oxygen atoms in total. The number of anilines is 1. The summed E-state index contributed by atoms with van der Waals surface area (Å²) in [5, 5.41) is 3.13. The van der Waals surface area contributed by atoms with Gasteiger partial charge < -0.3 is 10.1 Å². The molecule has 1 N–H and O–H groups in total. The summed E-state index contributed by atoms with van der Waals surface area (Å²) in [6.45, 7) is 0. The van der Waals surface area contributed by atoms with Gasteiger partial charge in [0.15, 0.2) is 0 Å². The van der Waals surface area contributed by atoms with Crippen LogP contribution in [-0.4, -0.2) is 35.9 Å². The van der Waals surface area contributed by atoms with Crippen LogP contribution in [0.25, 0.3) is 0 Å². The van der Waals surface area contributed by atoms with Crippen LogP contribution >= 0.6 is 15.9 Å². The van der Waals surface area contributed by atoms with Crippen LogP contribution in [0.5, 0.6) is 5.75 Å². The van der Waals surface area contributed by atoms with Crippen LogP contribution in [0.4, 0.5) is 5.69 Å². The van der Waals surface area contributed by atoms with Crippen molar-refractivity contribution in [3.63, 3.8) is 0 Å². The Labute approximate surface area is 125 Å². The normalized spacial score (nSPS) is 22.3. The molecule has 0 aromatic heterocycles. The molecule has 0 spiro atoms. The first-order valence-corrected chi connectivity index (χ1v) is 7.35. The van der Waals surface area contributed by atoms with Crippen LogP contribution in [0, 0.1) is 0 Å². The Hall–Kier alpha value is -1.56. The number of carbonyl (C=O) groups is 2. The molecular weight excluding hydrogens is 324 g/mol. The Kier molecular flexibility index (Phi) is 3.41. The maximum atomic E-state index is 12.2. The molecule has 3 rings (SSSR count). The number of imide groups is 1. The maximum Gasteiger partial charge on any atom is 0.252 e. The molecule has 2 fully saturated rings. The second kappa shape index (κ2) is 5.09. The van der Waals surface area contributed by atoms with Gasteiger partial charge in [-0.15, -0.1) is 0 Å². The Morgan fingerprint density at radius 2 is 2.05 bits per heavy atom. The number of carbonyl (C=O) groups excluding carboxylic acids is 2. The van der Waals surface area contributed by atoms with Crippen molar-refractivity contribution < 1.29 is 14.3 Å². The standard InChI is InChI=1S/C14H15BrN2O3/c1-20-11-5-8(15)4-9(6-11)16-12-7-13(18)17(14(12)19)10-2-3-10/h4-6,10,12,16H,2-3,7H2,1H3. The molecular formula is C14H15BrN2O3. The number of methoxy groups -OCH3 is 1. The average Bonchev–Trinajstić information content (AvgIpc) is 3.18. The predicted molar refractivity (Wildman–Crippen MR) is 77.6 cm³/mol. The number of hydrogen-bond donors (Lipinski definition) is 1. The Morgan fingerprint density at radius 1 is 1.30 bits per heavy atom. The predicted octanol–water partition coefficient (Wildman–Crippen LogP) is 2.16. The van der Waals surface area contributed by atoms with Crippen LogP contribution in [0.15, 0.2) is 22.7 Å². The number of benzene rings is 1. The first kappa shape index (κ1) is 13.4. The van der Waals surface area contributed by atoms with E-state index in [-0.39, 0.29) is 24.3 Å². The molecule has 1 aromatic carbocycles. The van der Waals surface area contributed by atoms with Crippen molar-refractivity contribution in [1.29, 1.82) is 0 Å². The molecule has 1 heterocycles. The van der Waals surface area contributed by atoms with Gasteiger partial charge in [0.25, 0.3) is 5.91 Å². The fourth-order valence-electron chi connectivity index (χ4n) is 2.45. The molecule has 0 bridgehead atoms. The number of nitrogens with zero attached hydrogens (tertiary/aromatic N) is 1. The number of rotatable bonds is 4. The molecule has 20 heavy (non-hydrogen) atoms. The Balaban J connectivity index is 1.76. The minimum atomic E-state index is -0.470. The third kappa shape index (κ3) is 2.52. The molecule has 0 radical (unpaired) electrons. The Bertz CT molecular complexity index is 572. The molecule has 106 valence electrons. The lowest BCUT2D eigenvalue weighted by molar-refractivity contribution is -0.139. The van der Waals surface area contributed by atoms with Crippen molar-refractivity contribution in [2.75, 3.05) is 12.4 Å². The molecule has 1 aliphatic heterocycles. The van der Waals surface area contributed by atoms with E-state index in [1.165, 1.54) is 4.90 Å². The summed E-state index contributed by atoms with van der Waals surface area (Å²) in [5.74, 6) is 0.506. The summed E-state index contributed by atoms with van der Waals surface area (Å²) in [6.07, 6.45) is 2.11. The van der Waals surface area contributed by atoms with E-state index in [9.17, 15) is 9.59 Å². The fourth-order valence-corrected chi connectivity index (χ4v) is 2.92. The molecule has 1 saturated carbocycles. The highest BCUT2D eigenvalue weighted by molar-refractivity contribution is 9.10. The maximum absolute atomic E-state index is 12.2. The monoisotopic (exact) mass is 338 g/mol. The molecule has 6 heteroatoms. The average molecular weight is 339 g/mol. The third-order valence-corrected chi connectivity index (χ3v) is 4.00. The summed E-state index contributed by atoms with van der Waals surface area (Å²) in [7, 11) is 1.59. The fraction of sp³-hybridized carbons (Fsp3) is 0.429. The zero-order valence-electron chi connectivity index (χ0n) is 11.1. The highest BCUT2D eigenvalue weighted by Gasteiger charge is 2.46.